The molecule has 1 fully saturated rings. The lowest BCUT2D eigenvalue weighted by Gasteiger charge is -2.52. The van der Waals surface area contributed by atoms with Crippen LogP contribution in [0.5, 0.6) is 5.75 Å². The van der Waals surface area contributed by atoms with Crippen LogP contribution in [-0.2, 0) is 14.6 Å². The molecular weight excluding hydrogens is 306 g/mol. The van der Waals surface area contributed by atoms with E-state index in [1.807, 2.05) is 63.1 Å². The van der Waals surface area contributed by atoms with Crippen molar-refractivity contribution in [3.8, 4) is 5.75 Å². The quantitative estimate of drug-likeness (QED) is 0.856. The predicted octanol–water partition coefficient (Wildman–Crippen LogP) is 2.82. The predicted molar refractivity (Wildman–Crippen MR) is 82.7 cm³/mol. The molecule has 0 spiro atoms. The third-order valence-electron chi connectivity index (χ3n) is 3.75. The molecule has 1 aromatic rings. The molecule has 22 heavy (non-hydrogen) atoms. The summed E-state index contributed by atoms with van der Waals surface area (Å²) in [5.74, 6) is 0.720. The minimum absolute atomic E-state index is 0.420. The van der Waals surface area contributed by atoms with Crippen LogP contribution in [0.1, 0.15) is 40.5 Å². The molecule has 0 aliphatic carbocycles. The van der Waals surface area contributed by atoms with Crippen LogP contribution in [0.15, 0.2) is 30.3 Å². The average molecular weight is 329 g/mol. The number of hydrogen-bond donors (Lipinski definition) is 1. The van der Waals surface area contributed by atoms with Gasteiger partial charge in [0, 0.05) is 0 Å². The van der Waals surface area contributed by atoms with Crippen molar-refractivity contribution < 1.29 is 22.0 Å². The zero-order valence-electron chi connectivity index (χ0n) is 13.3. The van der Waals surface area contributed by atoms with Gasteiger partial charge in [0.1, 0.15) is 5.75 Å². The molecule has 1 N–H and O–H groups in total. The molecule has 124 valence electrons. The topological polar surface area (TPSA) is 76.1 Å². The summed E-state index contributed by atoms with van der Waals surface area (Å²) >= 11 is 0. The molecule has 1 aliphatic heterocycles. The van der Waals surface area contributed by atoms with Crippen LogP contribution < -0.4 is 4.84 Å². The van der Waals surface area contributed by atoms with Crippen LogP contribution in [0, 0.1) is 0 Å². The van der Waals surface area contributed by atoms with Gasteiger partial charge in [-0.3, -0.25) is 4.55 Å². The maximum Gasteiger partial charge on any atom is 0.397 e. The van der Waals surface area contributed by atoms with Gasteiger partial charge < -0.3 is 4.84 Å². The summed E-state index contributed by atoms with van der Waals surface area (Å²) in [5, 5.41) is 1.87. The Balaban J connectivity index is 2.21. The molecule has 7 heteroatoms. The van der Waals surface area contributed by atoms with E-state index in [-0.39, 0.29) is 0 Å². The second-order valence-corrected chi connectivity index (χ2v) is 7.93. The highest BCUT2D eigenvalue weighted by Gasteiger charge is 2.48. The molecule has 1 saturated heterocycles. The molecule has 0 atom stereocenters. The number of rotatable bonds is 4. The average Bonchev–Trinajstić information content (AvgIpc) is 2.32. The van der Waals surface area contributed by atoms with Crippen molar-refractivity contribution in [2.24, 2.45) is 0 Å². The molecule has 0 aromatic heterocycles. The number of para-hydroxylation sites is 1. The standard InChI is InChI=1S/C15H23NO5S/c1-14(2)10-13(21-22(17,18)19)11-15(3,4)16(14)20-12-8-6-5-7-9-12/h5-9,13H,10-11H2,1-4H3,(H,17,18,19). The van der Waals surface area contributed by atoms with E-state index in [9.17, 15) is 8.42 Å². The highest BCUT2D eigenvalue weighted by atomic mass is 32.3. The summed E-state index contributed by atoms with van der Waals surface area (Å²) in [6, 6.07) is 9.43. The molecule has 6 nitrogen and oxygen atoms in total. The van der Waals surface area contributed by atoms with E-state index in [1.54, 1.807) is 0 Å². The Kier molecular flexibility index (Phi) is 4.54. The van der Waals surface area contributed by atoms with Crippen LogP contribution >= 0.6 is 0 Å². The highest BCUT2D eigenvalue weighted by molar-refractivity contribution is 7.80. The fraction of sp³-hybridized carbons (Fsp3) is 0.600. The Hall–Kier alpha value is -1.15. The largest absolute Gasteiger partial charge is 0.405 e. The van der Waals surface area contributed by atoms with Crippen molar-refractivity contribution in [1.29, 1.82) is 0 Å². The van der Waals surface area contributed by atoms with Crippen molar-refractivity contribution in [3.05, 3.63) is 30.3 Å². The zero-order valence-corrected chi connectivity index (χ0v) is 14.1. The normalized spacial score (nSPS) is 22.4. The van der Waals surface area contributed by atoms with Crippen molar-refractivity contribution in [2.45, 2.75) is 57.7 Å². The van der Waals surface area contributed by atoms with Gasteiger partial charge in [-0.25, -0.2) is 4.18 Å². The summed E-state index contributed by atoms with van der Waals surface area (Å²) in [6.07, 6.45) is 0.252. The SMILES string of the molecule is CC1(C)CC(OS(=O)(=O)O)CC(C)(C)N1Oc1ccccc1. The molecule has 0 radical (unpaired) electrons. The van der Waals surface area contributed by atoms with Crippen LogP contribution in [0.25, 0.3) is 0 Å². The van der Waals surface area contributed by atoms with E-state index in [1.165, 1.54) is 0 Å². The second-order valence-electron chi connectivity index (χ2n) is 6.88. The van der Waals surface area contributed by atoms with Crippen molar-refractivity contribution in [1.82, 2.24) is 5.06 Å². The van der Waals surface area contributed by atoms with Gasteiger partial charge >= 0.3 is 10.4 Å². The van der Waals surface area contributed by atoms with E-state index < -0.39 is 27.6 Å². The van der Waals surface area contributed by atoms with Crippen molar-refractivity contribution >= 4 is 10.4 Å². The van der Waals surface area contributed by atoms with Crippen LogP contribution in [0.2, 0.25) is 0 Å². The first-order valence-corrected chi connectivity index (χ1v) is 8.55. The molecule has 1 heterocycles. The summed E-state index contributed by atoms with van der Waals surface area (Å²) in [5.41, 5.74) is -0.931. The van der Waals surface area contributed by atoms with Gasteiger partial charge in [0.2, 0.25) is 0 Å². The van der Waals surface area contributed by atoms with E-state index >= 15 is 0 Å². The highest BCUT2D eigenvalue weighted by Crippen LogP contribution is 2.40. The Labute approximate surface area is 131 Å². The smallest absolute Gasteiger partial charge is 0.397 e. The minimum Gasteiger partial charge on any atom is -0.405 e. The monoisotopic (exact) mass is 329 g/mol. The van der Waals surface area contributed by atoms with E-state index in [4.69, 9.17) is 13.6 Å². The number of hydroxylamine groups is 2. The van der Waals surface area contributed by atoms with Gasteiger partial charge in [-0.1, -0.05) is 18.2 Å². The first-order valence-electron chi connectivity index (χ1n) is 7.19. The number of hydrogen-bond acceptors (Lipinski definition) is 5. The third kappa shape index (κ3) is 4.19. The van der Waals surface area contributed by atoms with Crippen molar-refractivity contribution in [2.75, 3.05) is 0 Å². The van der Waals surface area contributed by atoms with Gasteiger partial charge in [-0.05, 0) is 52.7 Å². The second kappa shape index (κ2) is 5.81. The number of nitrogens with zero attached hydrogens (tertiary/aromatic N) is 1. The molecule has 2 rings (SSSR count). The maximum absolute atomic E-state index is 11.0. The Morgan fingerprint density at radius 1 is 1.09 bits per heavy atom. The molecule has 0 amide bonds. The first kappa shape index (κ1) is 17.2. The summed E-state index contributed by atoms with van der Waals surface area (Å²) in [4.78, 5) is 6.03. The summed E-state index contributed by atoms with van der Waals surface area (Å²) in [7, 11) is -4.46. The third-order valence-corrected chi connectivity index (χ3v) is 4.27. The molecule has 0 bridgehead atoms. The molecule has 1 aliphatic rings. The molecular formula is C15H23NO5S. The van der Waals surface area contributed by atoms with Gasteiger partial charge in [0.05, 0.1) is 17.2 Å². The first-order chi connectivity index (χ1) is 10.00. The lowest BCUT2D eigenvalue weighted by atomic mass is 9.80. The fourth-order valence-corrected chi connectivity index (χ4v) is 3.73. The van der Waals surface area contributed by atoms with Crippen molar-refractivity contribution in [3.63, 3.8) is 0 Å². The number of benzene rings is 1. The molecule has 0 saturated carbocycles. The van der Waals surface area contributed by atoms with Gasteiger partial charge in [0.25, 0.3) is 0 Å². The minimum atomic E-state index is -4.46. The summed E-state index contributed by atoms with van der Waals surface area (Å²) in [6.45, 7) is 7.82. The van der Waals surface area contributed by atoms with Crippen LogP contribution in [0.3, 0.4) is 0 Å². The molecule has 1 aromatic carbocycles. The maximum atomic E-state index is 11.0. The van der Waals surface area contributed by atoms with Crippen LogP contribution in [-0.4, -0.2) is 35.2 Å². The van der Waals surface area contributed by atoms with E-state index in [0.29, 0.717) is 12.8 Å². The zero-order chi connectivity index (χ0) is 16.6. The van der Waals surface area contributed by atoms with Gasteiger partial charge in [-0.15, -0.1) is 5.06 Å². The summed E-state index contributed by atoms with van der Waals surface area (Å²) < 4.78 is 35.7. The lowest BCUT2D eigenvalue weighted by molar-refractivity contribution is -0.231. The Morgan fingerprint density at radius 3 is 2.05 bits per heavy atom. The van der Waals surface area contributed by atoms with Gasteiger partial charge in [0.15, 0.2) is 0 Å². The Morgan fingerprint density at radius 2 is 1.59 bits per heavy atom. The Bertz CT molecular complexity index is 594. The molecule has 0 unspecified atom stereocenters. The number of piperidine rings is 1. The van der Waals surface area contributed by atoms with Gasteiger partial charge in [-0.2, -0.15) is 8.42 Å². The lowest BCUT2D eigenvalue weighted by Crippen LogP contribution is -2.63. The fourth-order valence-electron chi connectivity index (χ4n) is 3.25. The van der Waals surface area contributed by atoms with Crippen LogP contribution in [0.4, 0.5) is 0 Å². The van der Waals surface area contributed by atoms with E-state index in [2.05, 4.69) is 0 Å². The van der Waals surface area contributed by atoms with E-state index in [0.717, 1.165) is 5.75 Å².